The van der Waals surface area contributed by atoms with Gasteiger partial charge in [-0.3, -0.25) is 4.79 Å². The lowest BCUT2D eigenvalue weighted by Gasteiger charge is -2.06. The standard InChI is InChI=1S/C19H15FN2O3/c1-2-25-19(24)14-5-9-17(10-6-14)22-18(23)15(12-21)11-13-3-7-16(20)8-4-13/h3-11H,2H2,1H3,(H,22,23)/b15-11+. The molecule has 0 fully saturated rings. The normalized spacial score (nSPS) is 10.7. The SMILES string of the molecule is CCOC(=O)c1ccc(NC(=O)/C(C#N)=C/c2ccc(F)cc2)cc1. The summed E-state index contributed by atoms with van der Waals surface area (Å²) in [6.45, 7) is 1.99. The first-order valence-electron chi connectivity index (χ1n) is 7.49. The number of rotatable bonds is 5. The maximum atomic E-state index is 12.9. The quantitative estimate of drug-likeness (QED) is 0.514. The Morgan fingerprint density at radius 3 is 2.36 bits per heavy atom. The van der Waals surface area contributed by atoms with E-state index in [0.29, 0.717) is 16.8 Å². The van der Waals surface area contributed by atoms with Crippen molar-refractivity contribution in [2.24, 2.45) is 0 Å². The number of carbonyl (C=O) groups excluding carboxylic acids is 2. The molecule has 0 spiro atoms. The Balaban J connectivity index is 2.10. The zero-order valence-corrected chi connectivity index (χ0v) is 13.5. The van der Waals surface area contributed by atoms with Crippen molar-refractivity contribution < 1.29 is 18.7 Å². The van der Waals surface area contributed by atoms with Gasteiger partial charge in [-0.15, -0.1) is 0 Å². The van der Waals surface area contributed by atoms with E-state index in [4.69, 9.17) is 10.00 Å². The van der Waals surface area contributed by atoms with Gasteiger partial charge in [0.1, 0.15) is 17.5 Å². The second-order valence-electron chi connectivity index (χ2n) is 4.97. The number of halogens is 1. The van der Waals surface area contributed by atoms with Crippen LogP contribution in [-0.2, 0) is 9.53 Å². The number of hydrogen-bond acceptors (Lipinski definition) is 4. The maximum Gasteiger partial charge on any atom is 0.338 e. The average Bonchev–Trinajstić information content (AvgIpc) is 2.62. The third-order valence-electron chi connectivity index (χ3n) is 3.20. The number of hydrogen-bond donors (Lipinski definition) is 1. The molecule has 0 atom stereocenters. The minimum atomic E-state index is -0.601. The maximum absolute atomic E-state index is 12.9. The Morgan fingerprint density at radius 1 is 1.16 bits per heavy atom. The van der Waals surface area contributed by atoms with Crippen LogP contribution < -0.4 is 5.32 Å². The van der Waals surface area contributed by atoms with E-state index in [1.165, 1.54) is 54.6 Å². The van der Waals surface area contributed by atoms with Gasteiger partial charge in [0.2, 0.25) is 0 Å². The van der Waals surface area contributed by atoms with E-state index in [9.17, 15) is 14.0 Å². The summed E-state index contributed by atoms with van der Waals surface area (Å²) in [6.07, 6.45) is 1.36. The lowest BCUT2D eigenvalue weighted by molar-refractivity contribution is -0.112. The van der Waals surface area contributed by atoms with Crippen LogP contribution in [0.2, 0.25) is 0 Å². The molecule has 2 aromatic carbocycles. The second kappa shape index (κ2) is 8.41. The van der Waals surface area contributed by atoms with Gasteiger partial charge in [0.25, 0.3) is 5.91 Å². The lowest BCUT2D eigenvalue weighted by Crippen LogP contribution is -2.13. The van der Waals surface area contributed by atoms with Crippen LogP contribution in [-0.4, -0.2) is 18.5 Å². The van der Waals surface area contributed by atoms with Crippen LogP contribution in [0.1, 0.15) is 22.8 Å². The van der Waals surface area contributed by atoms with E-state index in [0.717, 1.165) is 0 Å². The molecule has 0 aliphatic heterocycles. The van der Waals surface area contributed by atoms with Crippen LogP contribution in [0.3, 0.4) is 0 Å². The Labute approximate surface area is 144 Å². The third-order valence-corrected chi connectivity index (χ3v) is 3.20. The summed E-state index contributed by atoms with van der Waals surface area (Å²) in [5.74, 6) is -1.45. The zero-order chi connectivity index (χ0) is 18.2. The van der Waals surface area contributed by atoms with Crippen LogP contribution in [0.5, 0.6) is 0 Å². The molecule has 0 saturated carbocycles. The Morgan fingerprint density at radius 2 is 1.80 bits per heavy atom. The summed E-state index contributed by atoms with van der Waals surface area (Å²) in [4.78, 5) is 23.7. The summed E-state index contributed by atoms with van der Waals surface area (Å²) in [5.41, 5.74) is 1.20. The van der Waals surface area contributed by atoms with Crippen molar-refractivity contribution in [1.29, 1.82) is 5.26 Å². The molecular weight excluding hydrogens is 323 g/mol. The second-order valence-corrected chi connectivity index (χ2v) is 4.97. The van der Waals surface area contributed by atoms with Gasteiger partial charge in [0.15, 0.2) is 0 Å². The first-order chi connectivity index (χ1) is 12.0. The first-order valence-corrected chi connectivity index (χ1v) is 7.49. The van der Waals surface area contributed by atoms with E-state index in [1.807, 2.05) is 6.07 Å². The highest BCUT2D eigenvalue weighted by Crippen LogP contribution is 2.13. The molecule has 126 valence electrons. The van der Waals surface area contributed by atoms with Gasteiger partial charge in [0.05, 0.1) is 12.2 Å². The van der Waals surface area contributed by atoms with E-state index < -0.39 is 17.7 Å². The zero-order valence-electron chi connectivity index (χ0n) is 13.5. The van der Waals surface area contributed by atoms with E-state index in [1.54, 1.807) is 6.92 Å². The van der Waals surface area contributed by atoms with Gasteiger partial charge < -0.3 is 10.1 Å². The van der Waals surface area contributed by atoms with Gasteiger partial charge in [0, 0.05) is 5.69 Å². The molecule has 0 heterocycles. The monoisotopic (exact) mass is 338 g/mol. The number of ether oxygens (including phenoxy) is 1. The minimum Gasteiger partial charge on any atom is -0.462 e. The number of benzene rings is 2. The summed E-state index contributed by atoms with van der Waals surface area (Å²) < 4.78 is 17.8. The highest BCUT2D eigenvalue weighted by atomic mass is 19.1. The number of nitrogens with one attached hydrogen (secondary N) is 1. The van der Waals surface area contributed by atoms with Crippen LogP contribution in [0.4, 0.5) is 10.1 Å². The van der Waals surface area contributed by atoms with Crippen molar-refractivity contribution in [2.75, 3.05) is 11.9 Å². The number of nitrogens with zero attached hydrogens (tertiary/aromatic N) is 1. The predicted octanol–water partition coefficient (Wildman–Crippen LogP) is 3.55. The molecular formula is C19H15FN2O3. The minimum absolute atomic E-state index is 0.124. The molecule has 0 radical (unpaired) electrons. The molecule has 0 aromatic heterocycles. The van der Waals surface area contributed by atoms with Crippen molar-refractivity contribution in [2.45, 2.75) is 6.92 Å². The van der Waals surface area contributed by atoms with Gasteiger partial charge >= 0.3 is 5.97 Å². The Bertz CT molecular complexity index is 834. The summed E-state index contributed by atoms with van der Waals surface area (Å²) in [6, 6.07) is 13.3. The van der Waals surface area contributed by atoms with Gasteiger partial charge in [-0.2, -0.15) is 5.26 Å². The van der Waals surface area contributed by atoms with E-state index in [2.05, 4.69) is 5.32 Å². The predicted molar refractivity (Wildman–Crippen MR) is 91.0 cm³/mol. The molecule has 0 aliphatic carbocycles. The number of nitriles is 1. The van der Waals surface area contributed by atoms with E-state index in [-0.39, 0.29) is 12.2 Å². The van der Waals surface area contributed by atoms with Crippen molar-refractivity contribution in [1.82, 2.24) is 0 Å². The molecule has 1 amide bonds. The number of anilines is 1. The number of amides is 1. The van der Waals surface area contributed by atoms with Crippen molar-refractivity contribution in [3.8, 4) is 6.07 Å². The molecule has 2 aromatic rings. The lowest BCUT2D eigenvalue weighted by atomic mass is 10.1. The Hall–Kier alpha value is -3.46. The van der Waals surface area contributed by atoms with Crippen molar-refractivity contribution >= 4 is 23.6 Å². The molecule has 0 bridgehead atoms. The van der Waals surface area contributed by atoms with Crippen LogP contribution >= 0.6 is 0 Å². The molecule has 2 rings (SSSR count). The fraction of sp³-hybridized carbons (Fsp3) is 0.105. The summed E-state index contributed by atoms with van der Waals surface area (Å²) >= 11 is 0. The number of esters is 1. The summed E-state index contributed by atoms with van der Waals surface area (Å²) in [5, 5.41) is 11.7. The van der Waals surface area contributed by atoms with Crippen LogP contribution in [0.25, 0.3) is 6.08 Å². The molecule has 0 unspecified atom stereocenters. The highest BCUT2D eigenvalue weighted by Gasteiger charge is 2.11. The molecule has 1 N–H and O–H groups in total. The molecule has 6 heteroatoms. The molecule has 0 saturated heterocycles. The van der Waals surface area contributed by atoms with Crippen molar-refractivity contribution in [3.63, 3.8) is 0 Å². The van der Waals surface area contributed by atoms with Crippen LogP contribution in [0, 0.1) is 17.1 Å². The smallest absolute Gasteiger partial charge is 0.338 e. The molecule has 0 aliphatic rings. The van der Waals surface area contributed by atoms with Crippen molar-refractivity contribution in [3.05, 3.63) is 71.0 Å². The Kier molecular flexibility index (Phi) is 6.02. The molecule has 5 nitrogen and oxygen atoms in total. The van der Waals surface area contributed by atoms with E-state index >= 15 is 0 Å². The van der Waals surface area contributed by atoms with Crippen LogP contribution in [0.15, 0.2) is 54.1 Å². The first kappa shape index (κ1) is 17.9. The fourth-order valence-electron chi connectivity index (χ4n) is 1.98. The van der Waals surface area contributed by atoms with Gasteiger partial charge in [-0.1, -0.05) is 12.1 Å². The topological polar surface area (TPSA) is 79.2 Å². The van der Waals surface area contributed by atoms with Gasteiger partial charge in [-0.25, -0.2) is 9.18 Å². The third kappa shape index (κ3) is 5.01. The highest BCUT2D eigenvalue weighted by molar-refractivity contribution is 6.09. The van der Waals surface area contributed by atoms with Gasteiger partial charge in [-0.05, 0) is 55.0 Å². The number of carbonyl (C=O) groups is 2. The average molecular weight is 338 g/mol. The summed E-state index contributed by atoms with van der Waals surface area (Å²) in [7, 11) is 0. The fourth-order valence-corrected chi connectivity index (χ4v) is 1.98. The largest absolute Gasteiger partial charge is 0.462 e. The molecule has 25 heavy (non-hydrogen) atoms.